The molecule has 186 valence electrons. The Labute approximate surface area is 212 Å². The van der Waals surface area contributed by atoms with Crippen LogP contribution in [-0.4, -0.2) is 27.5 Å². The molecule has 0 amide bonds. The first-order valence-electron chi connectivity index (χ1n) is 12.6. The first-order chi connectivity index (χ1) is 16.0. The second-order valence-corrected chi connectivity index (χ2v) is 16.2. The van der Waals surface area contributed by atoms with E-state index in [9.17, 15) is 4.79 Å². The first kappa shape index (κ1) is 27.0. The van der Waals surface area contributed by atoms with Gasteiger partial charge in [0.25, 0.3) is 0 Å². The molecular formula is C29H41ClO3Si. The van der Waals surface area contributed by atoms with E-state index in [2.05, 4.69) is 65.1 Å². The van der Waals surface area contributed by atoms with Crippen LogP contribution in [0.5, 0.6) is 0 Å². The molecule has 3 rings (SSSR count). The van der Waals surface area contributed by atoms with Crippen molar-refractivity contribution in [2.24, 2.45) is 5.92 Å². The maximum atomic E-state index is 12.7. The van der Waals surface area contributed by atoms with Crippen molar-refractivity contribution in [2.45, 2.75) is 83.3 Å². The van der Waals surface area contributed by atoms with Gasteiger partial charge in [-0.2, -0.15) is 0 Å². The van der Waals surface area contributed by atoms with Crippen LogP contribution in [0.25, 0.3) is 0 Å². The Hall–Kier alpha value is -1.62. The molecule has 0 radical (unpaired) electrons. The van der Waals surface area contributed by atoms with Gasteiger partial charge in [0.1, 0.15) is 0 Å². The highest BCUT2D eigenvalue weighted by Crippen LogP contribution is 2.44. The molecule has 0 saturated carbocycles. The van der Waals surface area contributed by atoms with E-state index < -0.39 is 13.7 Å². The highest BCUT2D eigenvalue weighted by atomic mass is 35.5. The van der Waals surface area contributed by atoms with E-state index >= 15 is 0 Å². The summed E-state index contributed by atoms with van der Waals surface area (Å²) in [6.07, 6.45) is 4.34. The van der Waals surface area contributed by atoms with E-state index in [1.54, 1.807) is 0 Å². The summed E-state index contributed by atoms with van der Waals surface area (Å²) < 4.78 is 11.9. The topological polar surface area (TPSA) is 35.5 Å². The number of ether oxygens (including phenoxy) is 1. The monoisotopic (exact) mass is 500 g/mol. The van der Waals surface area contributed by atoms with E-state index in [0.717, 1.165) is 44.3 Å². The highest BCUT2D eigenvalue weighted by Gasteiger charge is 2.45. The molecule has 1 atom stereocenters. The molecule has 1 aliphatic heterocycles. The Bertz CT molecular complexity index is 950. The van der Waals surface area contributed by atoms with Gasteiger partial charge >= 0.3 is 5.97 Å². The summed E-state index contributed by atoms with van der Waals surface area (Å²) in [5, 5.41) is 0.927. The molecule has 1 unspecified atom stereocenters. The summed E-state index contributed by atoms with van der Waals surface area (Å²) in [7, 11) is -1.78. The van der Waals surface area contributed by atoms with Crippen molar-refractivity contribution < 1.29 is 14.0 Å². The van der Waals surface area contributed by atoms with Crippen molar-refractivity contribution in [3.05, 3.63) is 70.2 Å². The molecule has 0 spiro atoms. The summed E-state index contributed by atoms with van der Waals surface area (Å²) in [6.45, 7) is 15.2. The molecule has 0 aromatic heterocycles. The van der Waals surface area contributed by atoms with Gasteiger partial charge in [-0.1, -0.05) is 75.7 Å². The van der Waals surface area contributed by atoms with Gasteiger partial charge in [0, 0.05) is 18.1 Å². The number of halogens is 1. The second kappa shape index (κ2) is 11.0. The fourth-order valence-corrected chi connectivity index (χ4v) is 7.23. The largest absolute Gasteiger partial charge is 0.465 e. The zero-order chi connectivity index (χ0) is 25.0. The molecule has 3 nitrogen and oxygen atoms in total. The van der Waals surface area contributed by atoms with Gasteiger partial charge in [0.15, 0.2) is 8.32 Å². The van der Waals surface area contributed by atoms with Crippen LogP contribution in [0.1, 0.15) is 63.6 Å². The van der Waals surface area contributed by atoms with E-state index in [4.69, 9.17) is 20.8 Å². The molecule has 0 bridgehead atoms. The highest BCUT2D eigenvalue weighted by molar-refractivity contribution is 6.74. The third kappa shape index (κ3) is 5.95. The summed E-state index contributed by atoms with van der Waals surface area (Å²) in [5.74, 6) is 0.510. The summed E-state index contributed by atoms with van der Waals surface area (Å²) in [6, 6.07) is 16.5. The molecule has 5 heteroatoms. The quantitative estimate of drug-likeness (QED) is 0.233. The van der Waals surface area contributed by atoms with E-state index in [1.165, 1.54) is 11.1 Å². The Kier molecular flexibility index (Phi) is 8.70. The van der Waals surface area contributed by atoms with Crippen molar-refractivity contribution in [1.29, 1.82) is 0 Å². The van der Waals surface area contributed by atoms with Crippen molar-refractivity contribution in [3.63, 3.8) is 0 Å². The van der Waals surface area contributed by atoms with Crippen molar-refractivity contribution in [3.8, 4) is 0 Å². The number of benzene rings is 2. The van der Waals surface area contributed by atoms with Crippen LogP contribution in [0.4, 0.5) is 0 Å². The van der Waals surface area contributed by atoms with Crippen LogP contribution in [0.2, 0.25) is 23.2 Å². The van der Waals surface area contributed by atoms with Crippen molar-refractivity contribution in [2.75, 3.05) is 13.2 Å². The summed E-state index contributed by atoms with van der Waals surface area (Å²) in [4.78, 5) is 12.7. The average molecular weight is 501 g/mol. The van der Waals surface area contributed by atoms with Gasteiger partial charge in [0.2, 0.25) is 0 Å². The zero-order valence-corrected chi connectivity index (χ0v) is 23.5. The van der Waals surface area contributed by atoms with Crippen LogP contribution < -0.4 is 0 Å². The molecule has 2 aromatic carbocycles. The minimum absolute atomic E-state index is 0.0997. The van der Waals surface area contributed by atoms with Crippen LogP contribution >= 0.6 is 11.6 Å². The van der Waals surface area contributed by atoms with Gasteiger partial charge in [-0.25, -0.2) is 0 Å². The Balaban J connectivity index is 1.53. The molecule has 1 aliphatic rings. The maximum Gasteiger partial charge on any atom is 0.316 e. The van der Waals surface area contributed by atoms with Crippen LogP contribution in [0, 0.1) is 5.92 Å². The van der Waals surface area contributed by atoms with Gasteiger partial charge in [-0.3, -0.25) is 4.79 Å². The van der Waals surface area contributed by atoms with Gasteiger partial charge in [0.05, 0.1) is 12.0 Å². The van der Waals surface area contributed by atoms with Crippen LogP contribution in [-0.2, 0) is 32.2 Å². The molecule has 0 aliphatic carbocycles. The lowest BCUT2D eigenvalue weighted by Gasteiger charge is -2.42. The van der Waals surface area contributed by atoms with Crippen LogP contribution in [0.3, 0.4) is 0 Å². The maximum absolute atomic E-state index is 12.7. The number of hydrogen-bond donors (Lipinski definition) is 0. The molecule has 1 fully saturated rings. The van der Waals surface area contributed by atoms with Gasteiger partial charge in [-0.05, 0) is 78.6 Å². The number of esters is 1. The molecule has 0 N–H and O–H groups in total. The molecule has 1 heterocycles. The molecule has 1 saturated heterocycles. The fraction of sp³-hybridized carbons (Fsp3) is 0.552. The lowest BCUT2D eigenvalue weighted by molar-refractivity contribution is -0.143. The number of carbonyl (C=O) groups excluding carboxylic acids is 1. The molecular weight excluding hydrogens is 460 g/mol. The van der Waals surface area contributed by atoms with Crippen molar-refractivity contribution in [1.82, 2.24) is 0 Å². The second-order valence-electron chi connectivity index (χ2n) is 11.1. The predicted molar refractivity (Wildman–Crippen MR) is 144 cm³/mol. The average Bonchev–Trinajstić information content (AvgIpc) is 3.16. The number of cyclic esters (lactones) is 1. The van der Waals surface area contributed by atoms with E-state index in [-0.39, 0.29) is 11.0 Å². The van der Waals surface area contributed by atoms with E-state index in [1.807, 2.05) is 24.3 Å². The molecule has 34 heavy (non-hydrogen) atoms. The lowest BCUT2D eigenvalue weighted by Crippen LogP contribution is -2.45. The lowest BCUT2D eigenvalue weighted by atomic mass is 9.75. The number of aryl methyl sites for hydroxylation is 1. The Morgan fingerprint density at radius 2 is 1.62 bits per heavy atom. The first-order valence-corrected chi connectivity index (χ1v) is 15.9. The number of carbonyl (C=O) groups is 1. The minimum Gasteiger partial charge on any atom is -0.465 e. The summed E-state index contributed by atoms with van der Waals surface area (Å²) >= 11 is 6.06. The third-order valence-corrected chi connectivity index (χ3v) is 13.3. The SMILES string of the molecule is CC(C)C(C)(C)[Si](C)(C)OCCc1ccc(CCCC2(c3ccc(Cl)cc3)CCOC2=O)cc1. The normalized spacial score (nSPS) is 19.0. The smallest absolute Gasteiger partial charge is 0.316 e. The number of hydrogen-bond acceptors (Lipinski definition) is 3. The Morgan fingerprint density at radius 1 is 1.03 bits per heavy atom. The Morgan fingerprint density at radius 3 is 2.15 bits per heavy atom. The van der Waals surface area contributed by atoms with Crippen LogP contribution in [0.15, 0.2) is 48.5 Å². The minimum atomic E-state index is -1.78. The van der Waals surface area contributed by atoms with Gasteiger partial charge < -0.3 is 9.16 Å². The fourth-order valence-electron chi connectivity index (χ4n) is 4.73. The van der Waals surface area contributed by atoms with Gasteiger partial charge in [-0.15, -0.1) is 0 Å². The standard InChI is InChI=1S/C29H41ClO3Si/c1-22(2)28(3,4)34(5,6)33-20-17-24-11-9-23(10-12-24)8-7-18-29(19-21-32-27(29)31)25-13-15-26(30)16-14-25/h9-16,22H,7-8,17-21H2,1-6H3. The predicted octanol–water partition coefficient (Wildman–Crippen LogP) is 7.75. The number of rotatable bonds is 11. The van der Waals surface area contributed by atoms with E-state index in [0.29, 0.717) is 17.5 Å². The van der Waals surface area contributed by atoms with Crippen molar-refractivity contribution >= 4 is 25.9 Å². The summed E-state index contributed by atoms with van der Waals surface area (Å²) in [5.41, 5.74) is 3.09. The molecule has 2 aromatic rings. The zero-order valence-electron chi connectivity index (χ0n) is 21.7. The third-order valence-electron chi connectivity index (χ3n) is 8.49.